The van der Waals surface area contributed by atoms with Gasteiger partial charge in [0.2, 0.25) is 0 Å². The molecule has 0 unspecified atom stereocenters. The number of carbonyl (C=O) groups is 1. The number of aryl methyl sites for hydroxylation is 2. The standard InChI is InChI=1S/C27H19BrClN3OS/c1-15-6-8-17(9-7-15)24-14-22(21-13-19(28)10-11-23(21)30-24)26(33)32-27-31-25(16(2)34-27)18-4-3-5-20(29)12-18/h3-14H,1-2H3,(H,31,32,33). The van der Waals surface area contributed by atoms with E-state index in [1.807, 2.05) is 86.6 Å². The molecule has 0 aliphatic carbocycles. The molecule has 0 radical (unpaired) electrons. The SMILES string of the molecule is Cc1ccc(-c2cc(C(=O)Nc3nc(-c4cccc(Cl)c4)c(C)s3)c3cc(Br)ccc3n2)cc1. The lowest BCUT2D eigenvalue weighted by Crippen LogP contribution is -2.13. The van der Waals surface area contributed by atoms with Gasteiger partial charge in [-0.3, -0.25) is 10.1 Å². The van der Waals surface area contributed by atoms with Crippen LogP contribution in [0.1, 0.15) is 20.8 Å². The number of nitrogens with zero attached hydrogens (tertiary/aromatic N) is 2. The molecular formula is C27H19BrClN3OS. The van der Waals surface area contributed by atoms with Gasteiger partial charge < -0.3 is 0 Å². The molecule has 0 aliphatic rings. The first-order valence-electron chi connectivity index (χ1n) is 10.6. The Morgan fingerprint density at radius 1 is 0.941 bits per heavy atom. The van der Waals surface area contributed by atoms with E-state index < -0.39 is 0 Å². The van der Waals surface area contributed by atoms with Gasteiger partial charge in [-0.1, -0.05) is 69.5 Å². The van der Waals surface area contributed by atoms with Crippen LogP contribution in [0.4, 0.5) is 5.13 Å². The Morgan fingerprint density at radius 2 is 1.74 bits per heavy atom. The fraction of sp³-hybridized carbons (Fsp3) is 0.0741. The molecule has 0 atom stereocenters. The summed E-state index contributed by atoms with van der Waals surface area (Å²) in [6.07, 6.45) is 0. The van der Waals surface area contributed by atoms with E-state index in [0.717, 1.165) is 42.8 Å². The highest BCUT2D eigenvalue weighted by atomic mass is 79.9. The van der Waals surface area contributed by atoms with E-state index in [4.69, 9.17) is 16.6 Å². The molecule has 1 amide bonds. The molecule has 0 fully saturated rings. The number of pyridine rings is 1. The molecule has 3 aromatic carbocycles. The summed E-state index contributed by atoms with van der Waals surface area (Å²) in [6, 6.07) is 23.3. The average Bonchev–Trinajstić information content (AvgIpc) is 3.18. The number of carbonyl (C=O) groups excluding carboxylic acids is 1. The fourth-order valence-corrected chi connectivity index (χ4v) is 5.16. The summed E-state index contributed by atoms with van der Waals surface area (Å²) in [6.45, 7) is 4.03. The average molecular weight is 549 g/mol. The molecule has 0 saturated carbocycles. The van der Waals surface area contributed by atoms with Crippen LogP contribution < -0.4 is 5.32 Å². The van der Waals surface area contributed by atoms with Gasteiger partial charge in [0.15, 0.2) is 5.13 Å². The van der Waals surface area contributed by atoms with E-state index in [2.05, 4.69) is 26.2 Å². The highest BCUT2D eigenvalue weighted by molar-refractivity contribution is 9.10. The maximum absolute atomic E-state index is 13.5. The largest absolute Gasteiger partial charge is 0.298 e. The lowest BCUT2D eigenvalue weighted by Gasteiger charge is -2.10. The molecule has 2 heterocycles. The van der Waals surface area contributed by atoms with E-state index in [0.29, 0.717) is 15.7 Å². The molecule has 168 valence electrons. The Morgan fingerprint density at radius 3 is 2.50 bits per heavy atom. The van der Waals surface area contributed by atoms with Crippen LogP contribution in [0.5, 0.6) is 0 Å². The molecular weight excluding hydrogens is 530 g/mol. The van der Waals surface area contributed by atoms with Crippen LogP contribution in [-0.4, -0.2) is 15.9 Å². The zero-order valence-electron chi connectivity index (χ0n) is 18.4. The van der Waals surface area contributed by atoms with E-state index >= 15 is 0 Å². The number of hydrogen-bond acceptors (Lipinski definition) is 4. The van der Waals surface area contributed by atoms with Crippen molar-refractivity contribution < 1.29 is 4.79 Å². The van der Waals surface area contributed by atoms with Gasteiger partial charge in [-0.15, -0.1) is 11.3 Å². The van der Waals surface area contributed by atoms with Gasteiger partial charge >= 0.3 is 0 Å². The molecule has 5 rings (SSSR count). The predicted octanol–water partition coefficient (Wildman–Crippen LogP) is 8.31. The normalized spacial score (nSPS) is 11.1. The summed E-state index contributed by atoms with van der Waals surface area (Å²) in [5.41, 5.74) is 5.89. The number of halogens is 2. The van der Waals surface area contributed by atoms with Gasteiger partial charge in [-0.25, -0.2) is 9.97 Å². The monoisotopic (exact) mass is 547 g/mol. The first-order chi connectivity index (χ1) is 16.4. The Labute approximate surface area is 214 Å². The minimum absolute atomic E-state index is 0.231. The van der Waals surface area contributed by atoms with Gasteiger partial charge in [0, 0.05) is 30.9 Å². The number of nitrogens with one attached hydrogen (secondary N) is 1. The van der Waals surface area contributed by atoms with Crippen LogP contribution in [0.25, 0.3) is 33.4 Å². The zero-order valence-corrected chi connectivity index (χ0v) is 21.6. The second kappa shape index (κ2) is 9.29. The van der Waals surface area contributed by atoms with Gasteiger partial charge in [-0.05, 0) is 50.2 Å². The van der Waals surface area contributed by atoms with Gasteiger partial charge in [-0.2, -0.15) is 0 Å². The Hall–Kier alpha value is -3.06. The smallest absolute Gasteiger partial charge is 0.258 e. The van der Waals surface area contributed by atoms with Gasteiger partial charge in [0.05, 0.1) is 22.5 Å². The summed E-state index contributed by atoms with van der Waals surface area (Å²) in [7, 11) is 0. The van der Waals surface area contributed by atoms with Crippen LogP contribution in [0.15, 0.2) is 77.3 Å². The maximum atomic E-state index is 13.5. The predicted molar refractivity (Wildman–Crippen MR) is 145 cm³/mol. The quantitative estimate of drug-likeness (QED) is 0.246. The van der Waals surface area contributed by atoms with Crippen LogP contribution in [0.2, 0.25) is 5.02 Å². The van der Waals surface area contributed by atoms with Crippen LogP contribution >= 0.6 is 38.9 Å². The number of amides is 1. The van der Waals surface area contributed by atoms with Crippen LogP contribution in [0.3, 0.4) is 0 Å². The summed E-state index contributed by atoms with van der Waals surface area (Å²) in [4.78, 5) is 24.0. The Bertz CT molecular complexity index is 1550. The van der Waals surface area contributed by atoms with Crippen molar-refractivity contribution in [1.29, 1.82) is 0 Å². The number of anilines is 1. The van der Waals surface area contributed by atoms with Gasteiger partial charge in [0.1, 0.15) is 0 Å². The lowest BCUT2D eigenvalue weighted by molar-refractivity contribution is 0.102. The second-order valence-electron chi connectivity index (χ2n) is 7.97. The van der Waals surface area contributed by atoms with Crippen molar-refractivity contribution in [3.8, 4) is 22.5 Å². The molecule has 2 aromatic heterocycles. The molecule has 0 aliphatic heterocycles. The number of hydrogen-bond donors (Lipinski definition) is 1. The summed E-state index contributed by atoms with van der Waals surface area (Å²) < 4.78 is 0.882. The molecule has 0 spiro atoms. The third-order valence-corrected chi connectivity index (χ3v) is 7.09. The zero-order chi connectivity index (χ0) is 23.8. The molecule has 7 heteroatoms. The molecule has 0 bridgehead atoms. The fourth-order valence-electron chi connectivity index (χ4n) is 3.78. The van der Waals surface area contributed by atoms with Crippen molar-refractivity contribution in [3.63, 3.8) is 0 Å². The minimum Gasteiger partial charge on any atom is -0.298 e. The first kappa shape index (κ1) is 22.7. The van der Waals surface area contributed by atoms with Crippen molar-refractivity contribution in [1.82, 2.24) is 9.97 Å². The number of benzene rings is 3. The van der Waals surface area contributed by atoms with E-state index in [9.17, 15) is 4.79 Å². The number of thiazole rings is 1. The highest BCUT2D eigenvalue weighted by Crippen LogP contribution is 2.33. The molecule has 34 heavy (non-hydrogen) atoms. The molecule has 1 N–H and O–H groups in total. The van der Waals surface area contributed by atoms with Crippen molar-refractivity contribution in [2.45, 2.75) is 13.8 Å². The van der Waals surface area contributed by atoms with E-state index in [1.54, 1.807) is 0 Å². The number of rotatable bonds is 4. The Balaban J connectivity index is 1.54. The van der Waals surface area contributed by atoms with E-state index in [-0.39, 0.29) is 5.91 Å². The number of fused-ring (bicyclic) bond motifs is 1. The topological polar surface area (TPSA) is 54.9 Å². The molecule has 5 aromatic rings. The Kier molecular flexibility index (Phi) is 6.21. The summed E-state index contributed by atoms with van der Waals surface area (Å²) in [5.74, 6) is -0.231. The lowest BCUT2D eigenvalue weighted by atomic mass is 10.0. The van der Waals surface area contributed by atoms with Crippen molar-refractivity contribution >= 4 is 60.8 Å². The third-order valence-electron chi connectivity index (χ3n) is 5.48. The van der Waals surface area contributed by atoms with Gasteiger partial charge in [0.25, 0.3) is 5.91 Å². The van der Waals surface area contributed by atoms with Crippen LogP contribution in [-0.2, 0) is 0 Å². The summed E-state index contributed by atoms with van der Waals surface area (Å²) in [5, 5.41) is 4.95. The second-order valence-corrected chi connectivity index (χ2v) is 10.5. The highest BCUT2D eigenvalue weighted by Gasteiger charge is 2.18. The minimum atomic E-state index is -0.231. The summed E-state index contributed by atoms with van der Waals surface area (Å²) >= 11 is 11.1. The third kappa shape index (κ3) is 4.62. The molecule has 4 nitrogen and oxygen atoms in total. The van der Waals surface area contributed by atoms with Crippen molar-refractivity contribution in [3.05, 3.63) is 98.3 Å². The van der Waals surface area contributed by atoms with Crippen LogP contribution in [0, 0.1) is 13.8 Å². The maximum Gasteiger partial charge on any atom is 0.258 e. The van der Waals surface area contributed by atoms with Crippen molar-refractivity contribution in [2.75, 3.05) is 5.32 Å². The van der Waals surface area contributed by atoms with Crippen molar-refractivity contribution in [2.24, 2.45) is 0 Å². The van der Waals surface area contributed by atoms with E-state index in [1.165, 1.54) is 16.9 Å². The molecule has 0 saturated heterocycles. The number of aromatic nitrogens is 2. The first-order valence-corrected chi connectivity index (χ1v) is 12.6.